The number of ether oxygens (including phenoxy) is 1. The molecule has 0 spiro atoms. The first kappa shape index (κ1) is 21.9. The zero-order valence-electron chi connectivity index (χ0n) is 15.3. The number of aromatic hydroxyl groups is 1. The number of carbonyl (C=O) groups excluding carboxylic acids is 2. The number of halogens is 1. The van der Waals surface area contributed by atoms with E-state index in [2.05, 4.69) is 21.2 Å². The predicted molar refractivity (Wildman–Crippen MR) is 108 cm³/mol. The molecule has 9 heteroatoms. The summed E-state index contributed by atoms with van der Waals surface area (Å²) in [6, 6.07) is 12.9. The van der Waals surface area contributed by atoms with Gasteiger partial charge in [0.15, 0.2) is 0 Å². The Bertz CT molecular complexity index is 954. The predicted octanol–water partition coefficient (Wildman–Crippen LogP) is 4.01. The van der Waals surface area contributed by atoms with E-state index in [0.29, 0.717) is 21.3 Å². The molecule has 2 aromatic carbocycles. The topological polar surface area (TPSA) is 132 Å². The Balaban J connectivity index is 2.25. The van der Waals surface area contributed by atoms with Crippen molar-refractivity contribution in [3.05, 3.63) is 70.2 Å². The number of hydroxylamine groups is 1. The van der Waals surface area contributed by atoms with Crippen molar-refractivity contribution in [2.75, 3.05) is 5.32 Å². The molecule has 2 rings (SSSR count). The van der Waals surface area contributed by atoms with Gasteiger partial charge in [0, 0.05) is 27.7 Å². The monoisotopic (exact) mass is 459 g/mol. The zero-order chi connectivity index (χ0) is 21.4. The normalized spacial score (nSPS) is 12.6. The quantitative estimate of drug-likeness (QED) is 0.293. The second-order valence-corrected chi connectivity index (χ2v) is 6.95. The van der Waals surface area contributed by atoms with E-state index in [9.17, 15) is 14.7 Å². The van der Waals surface area contributed by atoms with E-state index in [4.69, 9.17) is 15.2 Å². The van der Waals surface area contributed by atoms with Gasteiger partial charge in [-0.3, -0.25) is 15.3 Å². The summed E-state index contributed by atoms with van der Waals surface area (Å²) in [5, 5.41) is 30.2. The molecule has 0 unspecified atom stereocenters. The van der Waals surface area contributed by atoms with Crippen LogP contribution in [0.1, 0.15) is 24.2 Å². The number of phenols is 1. The first-order valence-electron chi connectivity index (χ1n) is 8.42. The van der Waals surface area contributed by atoms with E-state index < -0.39 is 24.0 Å². The molecule has 0 aromatic heterocycles. The van der Waals surface area contributed by atoms with Crippen LogP contribution in [0.25, 0.3) is 0 Å². The van der Waals surface area contributed by atoms with Crippen molar-refractivity contribution in [3.63, 3.8) is 0 Å². The number of nitrogens with zero attached hydrogens (tertiary/aromatic N) is 1. The second kappa shape index (κ2) is 10.3. The molecule has 2 atom stereocenters. The molecule has 0 bridgehead atoms. The molecule has 0 radical (unpaired) electrons. The van der Waals surface area contributed by atoms with Gasteiger partial charge in [-0.1, -0.05) is 28.9 Å². The summed E-state index contributed by atoms with van der Waals surface area (Å²) < 4.78 is 6.18. The Morgan fingerprint density at radius 3 is 2.55 bits per heavy atom. The number of anilines is 1. The van der Waals surface area contributed by atoms with Gasteiger partial charge in [-0.15, -0.1) is 0 Å². The van der Waals surface area contributed by atoms with Crippen LogP contribution in [0.15, 0.2) is 59.1 Å². The van der Waals surface area contributed by atoms with Crippen LogP contribution in [0.3, 0.4) is 0 Å². The summed E-state index contributed by atoms with van der Waals surface area (Å²) >= 11 is 3.31. The van der Waals surface area contributed by atoms with Gasteiger partial charge < -0.3 is 9.84 Å². The van der Waals surface area contributed by atoms with Crippen molar-refractivity contribution in [1.82, 2.24) is 5.48 Å². The van der Waals surface area contributed by atoms with Crippen LogP contribution in [-0.4, -0.2) is 22.3 Å². The Morgan fingerprint density at radius 1 is 1.24 bits per heavy atom. The lowest BCUT2D eigenvalue weighted by molar-refractivity contribution is -0.124. The Morgan fingerprint density at radius 2 is 1.93 bits per heavy atom. The number of hydrogen-bond acceptors (Lipinski definition) is 6. The highest BCUT2D eigenvalue weighted by atomic mass is 79.9. The lowest BCUT2D eigenvalue weighted by Gasteiger charge is -2.23. The van der Waals surface area contributed by atoms with Crippen molar-refractivity contribution < 1.29 is 24.6 Å². The van der Waals surface area contributed by atoms with Gasteiger partial charge >= 0.3 is 6.09 Å². The highest BCUT2D eigenvalue weighted by molar-refractivity contribution is 9.10. The van der Waals surface area contributed by atoms with Gasteiger partial charge in [-0.05, 0) is 42.5 Å². The maximum Gasteiger partial charge on any atom is 0.412 e. The molecule has 2 aromatic rings. The molecular weight excluding hydrogens is 442 g/mol. The van der Waals surface area contributed by atoms with Crippen LogP contribution < -0.4 is 10.8 Å². The van der Waals surface area contributed by atoms with Crippen molar-refractivity contribution in [2.45, 2.75) is 13.0 Å². The highest BCUT2D eigenvalue weighted by Crippen LogP contribution is 2.35. The molecule has 150 valence electrons. The van der Waals surface area contributed by atoms with Gasteiger partial charge in [0.2, 0.25) is 0 Å². The van der Waals surface area contributed by atoms with Gasteiger partial charge in [0.05, 0.1) is 11.6 Å². The summed E-state index contributed by atoms with van der Waals surface area (Å²) in [7, 11) is 0. The van der Waals surface area contributed by atoms with Crippen molar-refractivity contribution in [3.8, 4) is 11.8 Å². The first-order valence-corrected chi connectivity index (χ1v) is 9.21. The van der Waals surface area contributed by atoms with E-state index in [1.807, 2.05) is 6.07 Å². The number of hydrogen-bond donors (Lipinski definition) is 4. The molecule has 4 N–H and O–H groups in total. The lowest BCUT2D eigenvalue weighted by Crippen LogP contribution is -2.22. The lowest BCUT2D eigenvalue weighted by atomic mass is 9.96. The smallest absolute Gasteiger partial charge is 0.412 e. The van der Waals surface area contributed by atoms with Gasteiger partial charge in [0.1, 0.15) is 11.9 Å². The standard InChI is InChI=1S/C20H18BrN3O5/c1-12(2-9-18(26)24-28)19(16-10-14(21)5-8-17(16)25)29-20(27)23-15-6-3-13(11-22)4-7-15/h2-10,12,19,25,28H,1H3,(H,23,27)(H,24,26)/b9-2+/t12-,19+/m0/s1. The summed E-state index contributed by atoms with van der Waals surface area (Å²) in [6.07, 6.45) is 0.805. The van der Waals surface area contributed by atoms with Crippen LogP contribution >= 0.6 is 15.9 Å². The summed E-state index contributed by atoms with van der Waals surface area (Å²) in [4.78, 5) is 23.7. The molecule has 2 amide bonds. The summed E-state index contributed by atoms with van der Waals surface area (Å²) in [6.45, 7) is 1.68. The number of carbonyl (C=O) groups is 2. The van der Waals surface area contributed by atoms with E-state index >= 15 is 0 Å². The number of rotatable bonds is 6. The fourth-order valence-corrected chi connectivity index (χ4v) is 2.85. The minimum absolute atomic E-state index is 0.0868. The fourth-order valence-electron chi connectivity index (χ4n) is 2.48. The number of amides is 2. The van der Waals surface area contributed by atoms with Crippen LogP contribution in [0.4, 0.5) is 10.5 Å². The molecule has 0 aliphatic heterocycles. The third-order valence-electron chi connectivity index (χ3n) is 3.93. The van der Waals surface area contributed by atoms with Crippen LogP contribution in [0, 0.1) is 17.2 Å². The van der Waals surface area contributed by atoms with Crippen molar-refractivity contribution in [1.29, 1.82) is 5.26 Å². The average Bonchev–Trinajstić information content (AvgIpc) is 2.72. The molecule has 0 heterocycles. The molecule has 0 aliphatic rings. The van der Waals surface area contributed by atoms with Crippen LogP contribution in [0.2, 0.25) is 0 Å². The fraction of sp³-hybridized carbons (Fsp3) is 0.150. The van der Waals surface area contributed by atoms with E-state index in [-0.39, 0.29) is 5.75 Å². The maximum atomic E-state index is 12.4. The molecule has 29 heavy (non-hydrogen) atoms. The average molecular weight is 460 g/mol. The Labute approximate surface area is 175 Å². The Hall–Kier alpha value is -3.35. The number of nitriles is 1. The molecule has 0 aliphatic carbocycles. The minimum Gasteiger partial charge on any atom is -0.508 e. The molecule has 0 saturated carbocycles. The first-order chi connectivity index (χ1) is 13.8. The third kappa shape index (κ3) is 6.34. The zero-order valence-corrected chi connectivity index (χ0v) is 16.9. The van der Waals surface area contributed by atoms with Gasteiger partial charge in [0.25, 0.3) is 5.91 Å². The van der Waals surface area contributed by atoms with E-state index in [1.165, 1.54) is 17.6 Å². The number of nitrogens with one attached hydrogen (secondary N) is 2. The van der Waals surface area contributed by atoms with Crippen LogP contribution in [-0.2, 0) is 9.53 Å². The van der Waals surface area contributed by atoms with E-state index in [1.54, 1.807) is 43.3 Å². The second-order valence-electron chi connectivity index (χ2n) is 6.04. The molecule has 8 nitrogen and oxygen atoms in total. The minimum atomic E-state index is -0.936. The largest absolute Gasteiger partial charge is 0.508 e. The highest BCUT2D eigenvalue weighted by Gasteiger charge is 2.25. The van der Waals surface area contributed by atoms with Crippen molar-refractivity contribution in [2.24, 2.45) is 5.92 Å². The van der Waals surface area contributed by atoms with E-state index in [0.717, 1.165) is 6.08 Å². The molecular formula is C20H18BrN3O5. The molecule has 0 saturated heterocycles. The van der Waals surface area contributed by atoms with Crippen molar-refractivity contribution >= 4 is 33.6 Å². The van der Waals surface area contributed by atoms with Gasteiger partial charge in [-0.25, -0.2) is 10.3 Å². The maximum absolute atomic E-state index is 12.4. The number of benzene rings is 2. The van der Waals surface area contributed by atoms with Gasteiger partial charge in [-0.2, -0.15) is 5.26 Å². The Kier molecular flexibility index (Phi) is 7.77. The summed E-state index contributed by atoms with van der Waals surface area (Å²) in [5.74, 6) is -1.36. The third-order valence-corrected chi connectivity index (χ3v) is 4.42. The SMILES string of the molecule is C[C@@H](/C=C/C(=O)NO)[C@@H](OC(=O)Nc1ccc(C#N)cc1)c1cc(Br)ccc1O. The molecule has 0 fully saturated rings. The summed E-state index contributed by atoms with van der Waals surface area (Å²) in [5.41, 5.74) is 2.68. The van der Waals surface area contributed by atoms with Crippen LogP contribution in [0.5, 0.6) is 5.75 Å². The number of phenolic OH excluding ortho intramolecular Hbond substituents is 1.